The first-order chi connectivity index (χ1) is 8.43. The Morgan fingerprint density at radius 3 is 2.50 bits per heavy atom. The lowest BCUT2D eigenvalue weighted by Crippen LogP contribution is -2.36. The Morgan fingerprint density at radius 1 is 1.33 bits per heavy atom. The van der Waals surface area contributed by atoms with E-state index in [1.807, 2.05) is 0 Å². The smallest absolute Gasteiger partial charge is 0.248 e. The third-order valence-corrected chi connectivity index (χ3v) is 3.34. The minimum atomic E-state index is -0.609. The first-order valence-corrected chi connectivity index (χ1v) is 6.25. The van der Waals surface area contributed by atoms with Crippen LogP contribution in [-0.4, -0.2) is 54.2 Å². The van der Waals surface area contributed by atoms with Crippen molar-refractivity contribution in [3.63, 3.8) is 0 Å². The Labute approximate surface area is 107 Å². The van der Waals surface area contributed by atoms with Crippen molar-refractivity contribution in [1.29, 1.82) is 0 Å². The van der Waals surface area contributed by atoms with E-state index in [2.05, 4.69) is 0 Å². The van der Waals surface area contributed by atoms with Crippen LogP contribution in [-0.2, 0) is 14.3 Å². The summed E-state index contributed by atoms with van der Waals surface area (Å²) >= 11 is 0. The third kappa shape index (κ3) is 5.01. The number of rotatable bonds is 7. The third-order valence-electron chi connectivity index (χ3n) is 3.34. The number of carbonyl (C=O) groups excluding carboxylic acids is 2. The van der Waals surface area contributed by atoms with E-state index in [0.29, 0.717) is 13.0 Å². The van der Waals surface area contributed by atoms with Crippen molar-refractivity contribution in [1.82, 2.24) is 4.90 Å². The highest BCUT2D eigenvalue weighted by atomic mass is 16.5. The molecule has 0 heterocycles. The van der Waals surface area contributed by atoms with Gasteiger partial charge in [0, 0.05) is 13.6 Å². The van der Waals surface area contributed by atoms with Crippen LogP contribution in [0.5, 0.6) is 0 Å². The summed E-state index contributed by atoms with van der Waals surface area (Å²) in [7, 11) is 1.66. The van der Waals surface area contributed by atoms with Crippen LogP contribution in [0.3, 0.4) is 0 Å². The maximum atomic E-state index is 11.6. The molecule has 0 saturated heterocycles. The lowest BCUT2D eigenvalue weighted by atomic mass is 9.98. The zero-order chi connectivity index (χ0) is 13.6. The van der Waals surface area contributed by atoms with Gasteiger partial charge >= 0.3 is 0 Å². The molecule has 3 N–H and O–H groups in total. The molecule has 6 nitrogen and oxygen atoms in total. The summed E-state index contributed by atoms with van der Waals surface area (Å²) in [6.07, 6.45) is 4.32. The van der Waals surface area contributed by atoms with Crippen LogP contribution < -0.4 is 5.73 Å². The van der Waals surface area contributed by atoms with Crippen LogP contribution in [0, 0.1) is 0 Å². The summed E-state index contributed by atoms with van der Waals surface area (Å²) in [6.45, 7) is 0.0939. The lowest BCUT2D eigenvalue weighted by molar-refractivity contribution is -0.137. The van der Waals surface area contributed by atoms with Gasteiger partial charge in [0.15, 0.2) is 0 Å². The Morgan fingerprint density at radius 2 is 1.94 bits per heavy atom. The molecule has 1 rings (SSSR count). The Bertz CT molecular complexity index is 300. The van der Waals surface area contributed by atoms with Gasteiger partial charge in [-0.3, -0.25) is 9.59 Å². The van der Waals surface area contributed by atoms with Gasteiger partial charge in [0.1, 0.15) is 13.2 Å². The van der Waals surface area contributed by atoms with E-state index in [1.165, 1.54) is 4.90 Å². The van der Waals surface area contributed by atoms with Crippen molar-refractivity contribution < 1.29 is 19.4 Å². The van der Waals surface area contributed by atoms with Gasteiger partial charge in [-0.2, -0.15) is 0 Å². The molecule has 0 atom stereocenters. The molecule has 1 aliphatic rings. The van der Waals surface area contributed by atoms with Gasteiger partial charge in [-0.05, 0) is 19.3 Å². The second-order valence-corrected chi connectivity index (χ2v) is 4.96. The molecule has 0 bridgehead atoms. The molecule has 1 fully saturated rings. The van der Waals surface area contributed by atoms with Gasteiger partial charge in [0.05, 0.1) is 5.60 Å². The molecule has 0 aromatic heterocycles. The van der Waals surface area contributed by atoms with E-state index in [9.17, 15) is 14.7 Å². The molecule has 1 saturated carbocycles. The summed E-state index contributed by atoms with van der Waals surface area (Å²) in [4.78, 5) is 23.5. The number of carbonyl (C=O) groups is 2. The lowest BCUT2D eigenvalue weighted by Gasteiger charge is -2.25. The fraction of sp³-hybridized carbons (Fsp3) is 0.833. The minimum Gasteiger partial charge on any atom is -0.390 e. The topological polar surface area (TPSA) is 92.9 Å². The van der Waals surface area contributed by atoms with Gasteiger partial charge < -0.3 is 20.5 Å². The molecule has 0 aliphatic heterocycles. The van der Waals surface area contributed by atoms with Crippen LogP contribution in [0.4, 0.5) is 0 Å². The molecule has 104 valence electrons. The van der Waals surface area contributed by atoms with E-state index in [4.69, 9.17) is 10.5 Å². The van der Waals surface area contributed by atoms with E-state index in [0.717, 1.165) is 25.7 Å². The Balaban J connectivity index is 2.20. The standard InChI is InChI=1S/C12H22N2O4/c1-14(11(16)9-18-8-10(13)15)7-6-12(17)4-2-3-5-12/h17H,2-9H2,1H3,(H2,13,15). The number of nitrogens with two attached hydrogens (primary N) is 1. The molecule has 0 radical (unpaired) electrons. The first kappa shape index (κ1) is 14.9. The van der Waals surface area contributed by atoms with E-state index in [-0.39, 0.29) is 19.1 Å². The van der Waals surface area contributed by atoms with Gasteiger partial charge in [-0.25, -0.2) is 0 Å². The predicted molar refractivity (Wildman–Crippen MR) is 65.7 cm³/mol. The minimum absolute atomic E-state index is 0.155. The SMILES string of the molecule is CN(CCC1(O)CCCC1)C(=O)COCC(N)=O. The number of primary amides is 1. The van der Waals surface area contributed by atoms with Gasteiger partial charge in [0.25, 0.3) is 0 Å². The molecule has 1 aliphatic carbocycles. The summed E-state index contributed by atoms with van der Waals surface area (Å²) < 4.78 is 4.85. The van der Waals surface area contributed by atoms with Gasteiger partial charge in [-0.1, -0.05) is 12.8 Å². The van der Waals surface area contributed by atoms with Crippen LogP contribution in [0.1, 0.15) is 32.1 Å². The molecule has 0 spiro atoms. The second-order valence-electron chi connectivity index (χ2n) is 4.96. The molecule has 6 heteroatoms. The van der Waals surface area contributed by atoms with E-state index >= 15 is 0 Å². The highest BCUT2D eigenvalue weighted by molar-refractivity contribution is 5.78. The number of likely N-dealkylation sites (N-methyl/N-ethyl adjacent to an activating group) is 1. The van der Waals surface area contributed by atoms with Crippen molar-refractivity contribution in [3.8, 4) is 0 Å². The fourth-order valence-electron chi connectivity index (χ4n) is 2.13. The zero-order valence-electron chi connectivity index (χ0n) is 10.9. The van der Waals surface area contributed by atoms with Gasteiger partial charge in [0.2, 0.25) is 11.8 Å². The quantitative estimate of drug-likeness (QED) is 0.652. The fourth-order valence-corrected chi connectivity index (χ4v) is 2.13. The highest BCUT2D eigenvalue weighted by Crippen LogP contribution is 2.32. The number of hydrogen-bond acceptors (Lipinski definition) is 4. The monoisotopic (exact) mass is 258 g/mol. The molecular weight excluding hydrogens is 236 g/mol. The number of hydrogen-bond donors (Lipinski definition) is 2. The zero-order valence-corrected chi connectivity index (χ0v) is 10.9. The van der Waals surface area contributed by atoms with Crippen molar-refractivity contribution in [2.24, 2.45) is 5.73 Å². The second kappa shape index (κ2) is 6.70. The molecule has 2 amide bonds. The number of amides is 2. The highest BCUT2D eigenvalue weighted by Gasteiger charge is 2.31. The first-order valence-electron chi connectivity index (χ1n) is 6.25. The van der Waals surface area contributed by atoms with Crippen molar-refractivity contribution >= 4 is 11.8 Å². The molecule has 0 aromatic rings. The summed E-state index contributed by atoms with van der Waals surface area (Å²) in [5.74, 6) is -0.802. The van der Waals surface area contributed by atoms with Crippen molar-refractivity contribution in [3.05, 3.63) is 0 Å². The molecule has 0 unspecified atom stereocenters. The molecule has 0 aromatic carbocycles. The average molecular weight is 258 g/mol. The van der Waals surface area contributed by atoms with Crippen LogP contribution in [0.2, 0.25) is 0 Å². The average Bonchev–Trinajstić information content (AvgIpc) is 2.73. The maximum Gasteiger partial charge on any atom is 0.248 e. The van der Waals surface area contributed by atoms with E-state index < -0.39 is 11.5 Å². The Hall–Kier alpha value is -1.14. The summed E-state index contributed by atoms with van der Waals surface area (Å²) in [6, 6.07) is 0. The van der Waals surface area contributed by atoms with Gasteiger partial charge in [-0.15, -0.1) is 0 Å². The van der Waals surface area contributed by atoms with E-state index in [1.54, 1.807) is 7.05 Å². The van der Waals surface area contributed by atoms with Crippen LogP contribution >= 0.6 is 0 Å². The molecule has 18 heavy (non-hydrogen) atoms. The number of nitrogens with zero attached hydrogens (tertiary/aromatic N) is 1. The van der Waals surface area contributed by atoms with Crippen LogP contribution in [0.15, 0.2) is 0 Å². The summed E-state index contributed by atoms with van der Waals surface area (Å²) in [5.41, 5.74) is 4.28. The number of aliphatic hydroxyl groups is 1. The normalized spacial score (nSPS) is 17.7. The predicted octanol–water partition coefficient (Wildman–Crippen LogP) is -0.358. The largest absolute Gasteiger partial charge is 0.390 e. The van der Waals surface area contributed by atoms with Crippen LogP contribution in [0.25, 0.3) is 0 Å². The molecular formula is C12H22N2O4. The maximum absolute atomic E-state index is 11.6. The van der Waals surface area contributed by atoms with Crippen molar-refractivity contribution in [2.45, 2.75) is 37.7 Å². The Kier molecular flexibility index (Phi) is 5.55. The summed E-state index contributed by atoms with van der Waals surface area (Å²) in [5, 5.41) is 10.1. The van der Waals surface area contributed by atoms with Crippen molar-refractivity contribution in [2.75, 3.05) is 26.8 Å². The number of ether oxygens (including phenoxy) is 1.